The molecule has 2 N–H and O–H groups in total. The van der Waals surface area contributed by atoms with Crippen LogP contribution in [0.3, 0.4) is 0 Å². The first-order chi connectivity index (χ1) is 8.31. The zero-order chi connectivity index (χ0) is 12.1. The summed E-state index contributed by atoms with van der Waals surface area (Å²) in [6, 6.07) is 5.79. The summed E-state index contributed by atoms with van der Waals surface area (Å²) in [5.41, 5.74) is 6.66. The minimum absolute atomic E-state index is 0.111. The lowest BCUT2D eigenvalue weighted by atomic mass is 10.1. The summed E-state index contributed by atoms with van der Waals surface area (Å²) in [5, 5.41) is 0.654. The minimum atomic E-state index is 0.111. The number of para-hydroxylation sites is 1. The van der Waals surface area contributed by atoms with Gasteiger partial charge in [-0.15, -0.1) is 0 Å². The lowest BCUT2D eigenvalue weighted by Gasteiger charge is -2.25. The minimum Gasteiger partial charge on any atom is -0.486 e. The predicted molar refractivity (Wildman–Crippen MR) is 68.7 cm³/mol. The van der Waals surface area contributed by atoms with E-state index in [9.17, 15) is 0 Å². The third kappa shape index (κ3) is 3.35. The number of hydrogen-bond donors (Lipinski definition) is 1. The normalized spacial score (nSPS) is 20.2. The van der Waals surface area contributed by atoms with Gasteiger partial charge < -0.3 is 15.2 Å². The molecule has 1 aliphatic rings. The van der Waals surface area contributed by atoms with Crippen LogP contribution in [-0.2, 0) is 11.2 Å². The van der Waals surface area contributed by atoms with Gasteiger partial charge in [0.25, 0.3) is 0 Å². The van der Waals surface area contributed by atoms with Gasteiger partial charge in [0.1, 0.15) is 11.9 Å². The van der Waals surface area contributed by atoms with E-state index in [0.717, 1.165) is 37.2 Å². The second-order valence-electron chi connectivity index (χ2n) is 4.22. The molecule has 0 amide bonds. The van der Waals surface area contributed by atoms with Crippen LogP contribution in [0.25, 0.3) is 0 Å². The van der Waals surface area contributed by atoms with Crippen LogP contribution < -0.4 is 10.5 Å². The number of halogens is 1. The summed E-state index contributed by atoms with van der Waals surface area (Å²) >= 11 is 6.18. The molecule has 1 heterocycles. The van der Waals surface area contributed by atoms with Crippen molar-refractivity contribution < 1.29 is 9.47 Å². The molecule has 4 heteroatoms. The molecule has 1 aliphatic heterocycles. The Bertz CT molecular complexity index is 364. The van der Waals surface area contributed by atoms with E-state index in [0.29, 0.717) is 18.2 Å². The van der Waals surface area contributed by atoms with Crippen molar-refractivity contribution in [3.05, 3.63) is 28.8 Å². The fourth-order valence-electron chi connectivity index (χ4n) is 2.01. The molecule has 0 aliphatic carbocycles. The van der Waals surface area contributed by atoms with E-state index >= 15 is 0 Å². The number of benzene rings is 1. The van der Waals surface area contributed by atoms with Gasteiger partial charge in [-0.2, -0.15) is 0 Å². The molecule has 1 aromatic carbocycles. The van der Waals surface area contributed by atoms with E-state index < -0.39 is 0 Å². The Labute approximate surface area is 107 Å². The number of rotatable bonds is 4. The van der Waals surface area contributed by atoms with Crippen molar-refractivity contribution in [2.75, 3.05) is 19.8 Å². The van der Waals surface area contributed by atoms with Crippen LogP contribution in [-0.4, -0.2) is 25.9 Å². The molecular weight excluding hydrogens is 238 g/mol. The smallest absolute Gasteiger partial charge is 0.141 e. The highest BCUT2D eigenvalue weighted by atomic mass is 35.5. The van der Waals surface area contributed by atoms with Crippen molar-refractivity contribution in [2.24, 2.45) is 5.73 Å². The largest absolute Gasteiger partial charge is 0.486 e. The lowest BCUT2D eigenvalue weighted by Crippen LogP contribution is -2.28. The second kappa shape index (κ2) is 6.24. The van der Waals surface area contributed by atoms with Crippen LogP contribution in [0.5, 0.6) is 5.75 Å². The lowest BCUT2D eigenvalue weighted by molar-refractivity contribution is 0.00710. The van der Waals surface area contributed by atoms with Gasteiger partial charge in [0.15, 0.2) is 0 Å². The third-order valence-electron chi connectivity index (χ3n) is 2.87. The summed E-state index contributed by atoms with van der Waals surface area (Å²) in [5.74, 6) is 0.773. The van der Waals surface area contributed by atoms with Gasteiger partial charge in [-0.1, -0.05) is 23.7 Å². The van der Waals surface area contributed by atoms with E-state index in [4.69, 9.17) is 26.8 Å². The molecule has 17 heavy (non-hydrogen) atoms. The van der Waals surface area contributed by atoms with Gasteiger partial charge in [-0.05, 0) is 37.4 Å². The molecule has 1 fully saturated rings. The predicted octanol–water partition coefficient (Wildman–Crippen LogP) is 2.40. The molecule has 94 valence electrons. The molecule has 0 spiro atoms. The van der Waals surface area contributed by atoms with E-state index in [-0.39, 0.29) is 6.10 Å². The number of nitrogens with two attached hydrogens (primary N) is 1. The SMILES string of the molecule is NCCc1cccc(Cl)c1OC1CCCOC1. The Hall–Kier alpha value is -0.770. The Morgan fingerprint density at radius 3 is 3.06 bits per heavy atom. The van der Waals surface area contributed by atoms with Crippen molar-refractivity contribution in [3.63, 3.8) is 0 Å². The van der Waals surface area contributed by atoms with E-state index in [2.05, 4.69) is 0 Å². The summed E-state index contributed by atoms with van der Waals surface area (Å²) in [4.78, 5) is 0. The van der Waals surface area contributed by atoms with Gasteiger partial charge in [0.2, 0.25) is 0 Å². The van der Waals surface area contributed by atoms with Crippen molar-refractivity contribution in [1.29, 1.82) is 0 Å². The maximum atomic E-state index is 6.18. The average molecular weight is 256 g/mol. The summed E-state index contributed by atoms with van der Waals surface area (Å²) in [6.45, 7) is 2.07. The van der Waals surface area contributed by atoms with Gasteiger partial charge in [-0.25, -0.2) is 0 Å². The standard InChI is InChI=1S/C13H18ClNO2/c14-12-5-1-3-10(6-7-15)13(12)17-11-4-2-8-16-9-11/h1,3,5,11H,2,4,6-9,15H2. The molecule has 0 saturated carbocycles. The maximum Gasteiger partial charge on any atom is 0.141 e. The van der Waals surface area contributed by atoms with Crippen LogP contribution >= 0.6 is 11.6 Å². The maximum absolute atomic E-state index is 6.18. The first-order valence-corrected chi connectivity index (χ1v) is 6.41. The average Bonchev–Trinajstić information content (AvgIpc) is 2.35. The molecule has 0 bridgehead atoms. The van der Waals surface area contributed by atoms with Crippen molar-refractivity contribution in [2.45, 2.75) is 25.4 Å². The highest BCUT2D eigenvalue weighted by Crippen LogP contribution is 2.31. The third-order valence-corrected chi connectivity index (χ3v) is 3.16. The monoisotopic (exact) mass is 255 g/mol. The number of ether oxygens (including phenoxy) is 2. The highest BCUT2D eigenvalue weighted by Gasteiger charge is 2.18. The zero-order valence-electron chi connectivity index (χ0n) is 9.82. The van der Waals surface area contributed by atoms with Crippen LogP contribution in [0, 0.1) is 0 Å². The van der Waals surface area contributed by atoms with E-state index in [1.54, 1.807) is 0 Å². The van der Waals surface area contributed by atoms with Crippen molar-refractivity contribution in [1.82, 2.24) is 0 Å². The van der Waals surface area contributed by atoms with Gasteiger partial charge >= 0.3 is 0 Å². The Morgan fingerprint density at radius 2 is 2.35 bits per heavy atom. The van der Waals surface area contributed by atoms with E-state index in [1.807, 2.05) is 18.2 Å². The van der Waals surface area contributed by atoms with Gasteiger partial charge in [0.05, 0.1) is 11.6 Å². The van der Waals surface area contributed by atoms with Crippen molar-refractivity contribution in [3.8, 4) is 5.75 Å². The van der Waals surface area contributed by atoms with Gasteiger partial charge in [-0.3, -0.25) is 0 Å². The topological polar surface area (TPSA) is 44.5 Å². The molecule has 2 rings (SSSR count). The molecule has 1 saturated heterocycles. The summed E-state index contributed by atoms with van der Waals surface area (Å²) in [6.07, 6.45) is 2.96. The zero-order valence-corrected chi connectivity index (χ0v) is 10.6. The fourth-order valence-corrected chi connectivity index (χ4v) is 2.25. The molecule has 0 aromatic heterocycles. The van der Waals surface area contributed by atoms with Crippen LogP contribution in [0.15, 0.2) is 18.2 Å². The molecule has 1 atom stereocenters. The first kappa shape index (κ1) is 12.7. The summed E-state index contributed by atoms with van der Waals surface area (Å²) < 4.78 is 11.4. The quantitative estimate of drug-likeness (QED) is 0.899. The first-order valence-electron chi connectivity index (χ1n) is 6.03. The Balaban J connectivity index is 2.12. The molecule has 3 nitrogen and oxygen atoms in total. The fraction of sp³-hybridized carbons (Fsp3) is 0.538. The molecule has 1 unspecified atom stereocenters. The second-order valence-corrected chi connectivity index (χ2v) is 4.63. The highest BCUT2D eigenvalue weighted by molar-refractivity contribution is 6.32. The molecule has 0 radical (unpaired) electrons. The van der Waals surface area contributed by atoms with Crippen LogP contribution in [0.2, 0.25) is 5.02 Å². The number of hydrogen-bond acceptors (Lipinski definition) is 3. The Morgan fingerprint density at radius 1 is 1.47 bits per heavy atom. The Kier molecular flexibility index (Phi) is 4.66. The van der Waals surface area contributed by atoms with Gasteiger partial charge in [0, 0.05) is 6.61 Å². The van der Waals surface area contributed by atoms with Crippen LogP contribution in [0.1, 0.15) is 18.4 Å². The van der Waals surface area contributed by atoms with E-state index in [1.165, 1.54) is 0 Å². The van der Waals surface area contributed by atoms with Crippen molar-refractivity contribution >= 4 is 11.6 Å². The van der Waals surface area contributed by atoms with Crippen LogP contribution in [0.4, 0.5) is 0 Å². The molecule has 1 aromatic rings. The summed E-state index contributed by atoms with van der Waals surface area (Å²) in [7, 11) is 0. The molecular formula is C13H18ClNO2.